The van der Waals surface area contributed by atoms with Crippen molar-refractivity contribution in [3.63, 3.8) is 0 Å². The summed E-state index contributed by atoms with van der Waals surface area (Å²) in [5.41, 5.74) is 0.122. The van der Waals surface area contributed by atoms with E-state index in [9.17, 15) is 8.42 Å². The summed E-state index contributed by atoms with van der Waals surface area (Å²) >= 11 is 0. The Bertz CT molecular complexity index is 944. The number of benzene rings is 2. The smallest absolute Gasteiger partial charge is 0.209 e. The van der Waals surface area contributed by atoms with Gasteiger partial charge in [0.25, 0.3) is 0 Å². The number of rotatable bonds is 5. The second kappa shape index (κ2) is 6.65. The number of nitrogens with one attached hydrogen (secondary N) is 2. The highest BCUT2D eigenvalue weighted by atomic mass is 32.2. The third kappa shape index (κ3) is 3.63. The molecule has 0 aromatic heterocycles. The van der Waals surface area contributed by atoms with Gasteiger partial charge in [-0.3, -0.25) is 0 Å². The highest BCUT2D eigenvalue weighted by molar-refractivity contribution is 7.88. The Hall–Kier alpha value is -1.83. The van der Waals surface area contributed by atoms with Crippen molar-refractivity contribution in [3.8, 4) is 11.1 Å². The van der Waals surface area contributed by atoms with E-state index in [1.54, 1.807) is 18.2 Å². The van der Waals surface area contributed by atoms with Gasteiger partial charge in [0.05, 0.1) is 12.3 Å². The second-order valence-electron chi connectivity index (χ2n) is 7.63. The van der Waals surface area contributed by atoms with Crippen LogP contribution in [0.2, 0.25) is 0 Å². The van der Waals surface area contributed by atoms with Gasteiger partial charge >= 0.3 is 0 Å². The van der Waals surface area contributed by atoms with E-state index in [2.05, 4.69) is 10.0 Å². The monoisotopic (exact) mass is 392 g/mol. The first-order valence-electron chi connectivity index (χ1n) is 9.00. The molecule has 2 bridgehead atoms. The molecule has 2 aliphatic heterocycles. The lowest BCUT2D eigenvalue weighted by Gasteiger charge is -2.55. The molecule has 2 aromatic carbocycles. The fourth-order valence-electron chi connectivity index (χ4n) is 4.30. The Morgan fingerprint density at radius 1 is 1.15 bits per heavy atom. The standard InChI is InChI=1S/C20H22F2N2O2S/c1-27(25,26)24-19-17(23-15-11-20(19,22)12-15)10-14-8-5-9-16(18(14)21)13-6-3-2-4-7-13/h2-9,15,17,19,23-24H,10-12H2,1H3/t15?,17-,19+,20?/m0/s1. The van der Waals surface area contributed by atoms with Crippen molar-refractivity contribution >= 4 is 10.0 Å². The zero-order chi connectivity index (χ0) is 19.2. The third-order valence-corrected chi connectivity index (χ3v) is 6.21. The Labute approximate surface area is 158 Å². The summed E-state index contributed by atoms with van der Waals surface area (Å²) in [6.45, 7) is 0. The average Bonchev–Trinajstić information content (AvgIpc) is 2.58. The van der Waals surface area contributed by atoms with Gasteiger partial charge in [0.2, 0.25) is 10.0 Å². The SMILES string of the molecule is CS(=O)(=O)N[C@@H]1[C@H](Cc2cccc(-c3ccccc3)c2F)NC2CC1(F)C2. The predicted molar refractivity (Wildman–Crippen MR) is 101 cm³/mol. The number of piperidine rings is 2. The highest BCUT2D eigenvalue weighted by Crippen LogP contribution is 2.45. The molecule has 3 aliphatic rings. The van der Waals surface area contributed by atoms with E-state index in [-0.39, 0.29) is 31.1 Å². The zero-order valence-corrected chi connectivity index (χ0v) is 15.8. The molecule has 7 heteroatoms. The van der Waals surface area contributed by atoms with Gasteiger partial charge in [0, 0.05) is 17.6 Å². The van der Waals surface area contributed by atoms with Crippen LogP contribution in [0.5, 0.6) is 0 Å². The molecule has 2 aromatic rings. The molecule has 2 heterocycles. The van der Waals surface area contributed by atoms with Gasteiger partial charge in [-0.05, 0) is 30.4 Å². The minimum Gasteiger partial charge on any atom is -0.309 e. The van der Waals surface area contributed by atoms with E-state index in [1.807, 2.05) is 30.3 Å². The Morgan fingerprint density at radius 3 is 2.52 bits per heavy atom. The van der Waals surface area contributed by atoms with Gasteiger partial charge in [-0.2, -0.15) is 0 Å². The molecule has 1 saturated carbocycles. The maximum Gasteiger partial charge on any atom is 0.209 e. The van der Waals surface area contributed by atoms with Gasteiger partial charge in [-0.25, -0.2) is 21.9 Å². The number of hydrogen-bond acceptors (Lipinski definition) is 3. The molecule has 2 saturated heterocycles. The van der Waals surface area contributed by atoms with E-state index in [0.29, 0.717) is 11.1 Å². The quantitative estimate of drug-likeness (QED) is 0.823. The summed E-state index contributed by atoms with van der Waals surface area (Å²) in [4.78, 5) is 0. The number of sulfonamides is 1. The largest absolute Gasteiger partial charge is 0.309 e. The molecule has 4 nitrogen and oxygen atoms in total. The van der Waals surface area contributed by atoms with Crippen LogP contribution >= 0.6 is 0 Å². The third-order valence-electron chi connectivity index (χ3n) is 5.53. The molecule has 3 fully saturated rings. The van der Waals surface area contributed by atoms with Crippen LogP contribution in [0.25, 0.3) is 11.1 Å². The van der Waals surface area contributed by atoms with Crippen molar-refractivity contribution in [3.05, 3.63) is 59.9 Å². The normalized spacial score (nSPS) is 30.0. The van der Waals surface area contributed by atoms with Crippen LogP contribution in [0.4, 0.5) is 8.78 Å². The lowest BCUT2D eigenvalue weighted by atomic mass is 9.65. The van der Waals surface area contributed by atoms with Crippen LogP contribution in [0.15, 0.2) is 48.5 Å². The van der Waals surface area contributed by atoms with Gasteiger partial charge in [0.15, 0.2) is 0 Å². The summed E-state index contributed by atoms with van der Waals surface area (Å²) in [5, 5.41) is 3.28. The van der Waals surface area contributed by atoms with Crippen LogP contribution in [-0.2, 0) is 16.4 Å². The first-order valence-corrected chi connectivity index (χ1v) is 10.9. The molecule has 1 aliphatic carbocycles. The lowest BCUT2D eigenvalue weighted by Crippen LogP contribution is -2.75. The van der Waals surface area contributed by atoms with Crippen molar-refractivity contribution in [1.29, 1.82) is 0 Å². The maximum absolute atomic E-state index is 15.1. The van der Waals surface area contributed by atoms with E-state index in [4.69, 9.17) is 0 Å². The lowest BCUT2D eigenvalue weighted by molar-refractivity contribution is -0.0567. The predicted octanol–water partition coefficient (Wildman–Crippen LogP) is 2.80. The van der Waals surface area contributed by atoms with Gasteiger partial charge in [-0.15, -0.1) is 0 Å². The van der Waals surface area contributed by atoms with Crippen LogP contribution in [0.3, 0.4) is 0 Å². The summed E-state index contributed by atoms with van der Waals surface area (Å²) in [6, 6.07) is 13.0. The summed E-state index contributed by atoms with van der Waals surface area (Å²) in [6.07, 6.45) is 1.79. The summed E-state index contributed by atoms with van der Waals surface area (Å²) in [7, 11) is -3.58. The first-order chi connectivity index (χ1) is 12.8. The second-order valence-corrected chi connectivity index (χ2v) is 9.41. The molecular formula is C20H22F2N2O2S. The molecule has 0 spiro atoms. The van der Waals surface area contributed by atoms with Gasteiger partial charge in [0.1, 0.15) is 11.5 Å². The molecule has 0 unspecified atom stereocenters. The minimum absolute atomic E-state index is 0.0120. The van der Waals surface area contributed by atoms with Crippen molar-refractivity contribution < 1.29 is 17.2 Å². The molecule has 5 rings (SSSR count). The molecule has 2 N–H and O–H groups in total. The first kappa shape index (κ1) is 18.5. The van der Waals surface area contributed by atoms with Gasteiger partial charge < -0.3 is 5.32 Å². The molecule has 144 valence electrons. The van der Waals surface area contributed by atoms with Crippen LogP contribution in [0, 0.1) is 5.82 Å². The number of halogens is 2. The maximum atomic E-state index is 15.1. The molecule has 27 heavy (non-hydrogen) atoms. The van der Waals surface area contributed by atoms with E-state index >= 15 is 8.78 Å². The van der Waals surface area contributed by atoms with Crippen molar-refractivity contribution in [1.82, 2.24) is 10.0 Å². The van der Waals surface area contributed by atoms with Crippen molar-refractivity contribution in [2.75, 3.05) is 6.26 Å². The van der Waals surface area contributed by atoms with E-state index in [1.165, 1.54) is 0 Å². The van der Waals surface area contributed by atoms with E-state index in [0.717, 1.165) is 11.8 Å². The van der Waals surface area contributed by atoms with Crippen molar-refractivity contribution in [2.45, 2.75) is 43.1 Å². The molecule has 0 radical (unpaired) electrons. The number of fused-ring (bicyclic) bond motifs is 2. The fourth-order valence-corrected chi connectivity index (χ4v) is 5.14. The topological polar surface area (TPSA) is 58.2 Å². The Balaban J connectivity index is 1.63. The van der Waals surface area contributed by atoms with Crippen LogP contribution < -0.4 is 10.0 Å². The zero-order valence-electron chi connectivity index (χ0n) is 15.0. The summed E-state index contributed by atoms with van der Waals surface area (Å²) < 4.78 is 56.1. The molecule has 2 atom stereocenters. The average molecular weight is 392 g/mol. The molecular weight excluding hydrogens is 370 g/mol. The molecule has 0 amide bonds. The van der Waals surface area contributed by atoms with E-state index < -0.39 is 27.8 Å². The highest BCUT2D eigenvalue weighted by Gasteiger charge is 2.58. The van der Waals surface area contributed by atoms with Crippen LogP contribution in [0.1, 0.15) is 18.4 Å². The van der Waals surface area contributed by atoms with Crippen LogP contribution in [-0.4, -0.2) is 38.5 Å². The Kier molecular flexibility index (Phi) is 4.56. The summed E-state index contributed by atoms with van der Waals surface area (Å²) in [5.74, 6) is -0.351. The van der Waals surface area contributed by atoms with Crippen molar-refractivity contribution in [2.24, 2.45) is 0 Å². The minimum atomic E-state index is -3.58. The van der Waals surface area contributed by atoms with Gasteiger partial charge in [-0.1, -0.05) is 48.5 Å². The Morgan fingerprint density at radius 2 is 1.85 bits per heavy atom. The fraction of sp³-hybridized carbons (Fsp3) is 0.400. The number of hydrogen-bond donors (Lipinski definition) is 2. The number of alkyl halides is 1.